The Morgan fingerprint density at radius 2 is 1.75 bits per heavy atom. The molecule has 0 bridgehead atoms. The van der Waals surface area contributed by atoms with Crippen LogP contribution in [0.3, 0.4) is 0 Å². The van der Waals surface area contributed by atoms with Crippen molar-refractivity contribution in [3.8, 4) is 5.75 Å². The summed E-state index contributed by atoms with van der Waals surface area (Å²) in [6.45, 7) is 0. The number of para-hydroxylation sites is 2. The first-order valence-electron chi connectivity index (χ1n) is 4.84. The molecule has 0 unspecified atom stereocenters. The van der Waals surface area contributed by atoms with Crippen LogP contribution in [-0.2, 0) is 0 Å². The number of halogens is 1. The third kappa shape index (κ3) is 2.41. The van der Waals surface area contributed by atoms with Gasteiger partial charge < -0.3 is 5.11 Å². The third-order valence-electron chi connectivity index (χ3n) is 2.13. The first kappa shape index (κ1) is 10.7. The molecule has 16 heavy (non-hydrogen) atoms. The molecule has 0 heterocycles. The van der Waals surface area contributed by atoms with Gasteiger partial charge in [-0.25, -0.2) is 0 Å². The Labute approximate surface area is 98.8 Å². The molecule has 0 aliphatic rings. The maximum atomic E-state index is 9.65. The van der Waals surface area contributed by atoms with Crippen LogP contribution in [0.25, 0.3) is 0 Å². The molecule has 0 aliphatic heterocycles. The van der Waals surface area contributed by atoms with E-state index in [4.69, 9.17) is 11.6 Å². The molecule has 0 saturated carbocycles. The lowest BCUT2D eigenvalue weighted by Gasteiger charge is -1.99. The van der Waals surface area contributed by atoms with Gasteiger partial charge in [-0.05, 0) is 24.3 Å². The molecule has 0 saturated heterocycles. The second-order valence-electron chi connectivity index (χ2n) is 3.27. The number of phenols is 1. The highest BCUT2D eigenvalue weighted by molar-refractivity contribution is 6.32. The highest BCUT2D eigenvalue weighted by Crippen LogP contribution is 2.26. The molecular formula is C13H10ClNO. The van der Waals surface area contributed by atoms with E-state index in [1.54, 1.807) is 24.4 Å². The number of aromatic hydroxyl groups is 1. The minimum absolute atomic E-state index is 0.0591. The van der Waals surface area contributed by atoms with Crippen LogP contribution in [0.5, 0.6) is 5.75 Å². The summed E-state index contributed by atoms with van der Waals surface area (Å²) >= 11 is 5.78. The molecular weight excluding hydrogens is 222 g/mol. The summed E-state index contributed by atoms with van der Waals surface area (Å²) in [5.74, 6) is 0.0591. The number of benzene rings is 2. The lowest BCUT2D eigenvalue weighted by atomic mass is 10.2. The van der Waals surface area contributed by atoms with E-state index in [1.165, 1.54) is 0 Å². The molecule has 1 N–H and O–H groups in total. The molecule has 0 fully saturated rings. The number of rotatable bonds is 2. The Bertz CT molecular complexity index is 509. The largest absolute Gasteiger partial charge is 0.506 e. The minimum atomic E-state index is 0.0591. The van der Waals surface area contributed by atoms with Crippen molar-refractivity contribution in [3.05, 3.63) is 59.1 Å². The zero-order valence-electron chi connectivity index (χ0n) is 8.47. The van der Waals surface area contributed by atoms with Crippen molar-refractivity contribution in [1.29, 1.82) is 0 Å². The van der Waals surface area contributed by atoms with Gasteiger partial charge in [-0.15, -0.1) is 0 Å². The van der Waals surface area contributed by atoms with Crippen molar-refractivity contribution in [2.45, 2.75) is 0 Å². The van der Waals surface area contributed by atoms with Crippen molar-refractivity contribution in [1.82, 2.24) is 0 Å². The van der Waals surface area contributed by atoms with Gasteiger partial charge in [0.15, 0.2) is 0 Å². The van der Waals surface area contributed by atoms with Crippen LogP contribution < -0.4 is 0 Å². The average molecular weight is 232 g/mol. The van der Waals surface area contributed by atoms with Gasteiger partial charge in [-0.1, -0.05) is 35.9 Å². The molecule has 2 aromatic carbocycles. The maximum Gasteiger partial charge on any atom is 0.142 e. The SMILES string of the molecule is Oc1c(Cl)cccc1C=Nc1ccccc1. The summed E-state index contributed by atoms with van der Waals surface area (Å²) in [6, 6.07) is 14.7. The van der Waals surface area contributed by atoms with E-state index < -0.39 is 0 Å². The molecule has 0 atom stereocenters. The molecule has 0 amide bonds. The van der Waals surface area contributed by atoms with Crippen molar-refractivity contribution < 1.29 is 5.11 Å². The van der Waals surface area contributed by atoms with Crippen LogP contribution in [0.2, 0.25) is 5.02 Å². The van der Waals surface area contributed by atoms with E-state index >= 15 is 0 Å². The fraction of sp³-hybridized carbons (Fsp3) is 0. The van der Waals surface area contributed by atoms with Crippen LogP contribution >= 0.6 is 11.6 Å². The van der Waals surface area contributed by atoms with Crippen LogP contribution in [0.4, 0.5) is 5.69 Å². The Hall–Kier alpha value is -1.80. The van der Waals surface area contributed by atoms with Crippen molar-refractivity contribution in [2.24, 2.45) is 4.99 Å². The monoisotopic (exact) mass is 231 g/mol. The molecule has 3 heteroatoms. The lowest BCUT2D eigenvalue weighted by molar-refractivity contribution is 0.475. The normalized spacial score (nSPS) is 10.8. The number of aliphatic imine (C=N–C) groups is 1. The molecule has 0 spiro atoms. The first-order chi connectivity index (χ1) is 7.77. The predicted octanol–water partition coefficient (Wildman–Crippen LogP) is 3.80. The van der Waals surface area contributed by atoms with E-state index in [0.717, 1.165) is 5.69 Å². The van der Waals surface area contributed by atoms with Gasteiger partial charge in [0, 0.05) is 11.8 Å². The summed E-state index contributed by atoms with van der Waals surface area (Å²) in [7, 11) is 0. The molecule has 0 aromatic heterocycles. The summed E-state index contributed by atoms with van der Waals surface area (Å²) in [4.78, 5) is 4.23. The van der Waals surface area contributed by atoms with Crippen LogP contribution in [0, 0.1) is 0 Å². The van der Waals surface area contributed by atoms with Crippen molar-refractivity contribution in [3.63, 3.8) is 0 Å². The molecule has 0 radical (unpaired) electrons. The molecule has 80 valence electrons. The first-order valence-corrected chi connectivity index (χ1v) is 5.22. The Kier molecular flexibility index (Phi) is 3.22. The summed E-state index contributed by atoms with van der Waals surface area (Å²) in [5.41, 5.74) is 1.44. The van der Waals surface area contributed by atoms with Gasteiger partial charge >= 0.3 is 0 Å². The average Bonchev–Trinajstić information content (AvgIpc) is 2.32. The zero-order chi connectivity index (χ0) is 11.4. The highest BCUT2D eigenvalue weighted by atomic mass is 35.5. The van der Waals surface area contributed by atoms with Gasteiger partial charge in [0.1, 0.15) is 5.75 Å². The van der Waals surface area contributed by atoms with Gasteiger partial charge in [-0.2, -0.15) is 0 Å². The van der Waals surface area contributed by atoms with Crippen molar-refractivity contribution in [2.75, 3.05) is 0 Å². The number of hydrogen-bond acceptors (Lipinski definition) is 2. The maximum absolute atomic E-state index is 9.65. The van der Waals surface area contributed by atoms with Crippen LogP contribution in [0.1, 0.15) is 5.56 Å². The zero-order valence-corrected chi connectivity index (χ0v) is 9.22. The number of phenolic OH excluding ortho intramolecular Hbond substituents is 1. The highest BCUT2D eigenvalue weighted by Gasteiger charge is 2.01. The molecule has 0 aliphatic carbocycles. The number of nitrogens with zero attached hydrogens (tertiary/aromatic N) is 1. The molecule has 2 nitrogen and oxygen atoms in total. The van der Waals surface area contributed by atoms with Gasteiger partial charge in [0.05, 0.1) is 10.7 Å². The third-order valence-corrected chi connectivity index (χ3v) is 2.43. The molecule has 2 aromatic rings. The van der Waals surface area contributed by atoms with Gasteiger partial charge in [0.25, 0.3) is 0 Å². The number of hydrogen-bond donors (Lipinski definition) is 1. The van der Waals surface area contributed by atoms with E-state index in [2.05, 4.69) is 4.99 Å². The minimum Gasteiger partial charge on any atom is -0.506 e. The standard InChI is InChI=1S/C13H10ClNO/c14-12-8-4-5-10(13(12)16)9-15-11-6-2-1-3-7-11/h1-9,16H. The Morgan fingerprint density at radius 1 is 1.00 bits per heavy atom. The fourth-order valence-corrected chi connectivity index (χ4v) is 1.48. The summed E-state index contributed by atoms with van der Waals surface area (Å²) in [6.07, 6.45) is 1.59. The van der Waals surface area contributed by atoms with Crippen LogP contribution in [-0.4, -0.2) is 11.3 Å². The Balaban J connectivity index is 2.28. The fourth-order valence-electron chi connectivity index (χ4n) is 1.29. The Morgan fingerprint density at radius 3 is 2.50 bits per heavy atom. The van der Waals surface area contributed by atoms with Crippen molar-refractivity contribution >= 4 is 23.5 Å². The van der Waals surface area contributed by atoms with E-state index in [0.29, 0.717) is 10.6 Å². The van der Waals surface area contributed by atoms with Gasteiger partial charge in [0.2, 0.25) is 0 Å². The topological polar surface area (TPSA) is 32.6 Å². The van der Waals surface area contributed by atoms with Gasteiger partial charge in [-0.3, -0.25) is 4.99 Å². The summed E-state index contributed by atoms with van der Waals surface area (Å²) < 4.78 is 0. The smallest absolute Gasteiger partial charge is 0.142 e. The second kappa shape index (κ2) is 4.81. The molecule has 2 rings (SSSR count). The summed E-state index contributed by atoms with van der Waals surface area (Å²) in [5, 5.41) is 9.98. The van der Waals surface area contributed by atoms with E-state index in [-0.39, 0.29) is 5.75 Å². The predicted molar refractivity (Wildman–Crippen MR) is 66.8 cm³/mol. The quantitative estimate of drug-likeness (QED) is 0.784. The van der Waals surface area contributed by atoms with E-state index in [1.807, 2.05) is 30.3 Å². The van der Waals surface area contributed by atoms with E-state index in [9.17, 15) is 5.11 Å². The van der Waals surface area contributed by atoms with Crippen LogP contribution in [0.15, 0.2) is 53.5 Å². The lowest BCUT2D eigenvalue weighted by Crippen LogP contribution is -1.82. The second-order valence-corrected chi connectivity index (χ2v) is 3.68.